The van der Waals surface area contributed by atoms with Gasteiger partial charge in [-0.15, -0.1) is 0 Å². The van der Waals surface area contributed by atoms with Crippen molar-refractivity contribution < 1.29 is 22.5 Å². The van der Waals surface area contributed by atoms with Gasteiger partial charge in [-0.25, -0.2) is 5.10 Å². The molecule has 31 heavy (non-hydrogen) atoms. The average molecular weight is 434 g/mol. The molecule has 0 spiro atoms. The van der Waals surface area contributed by atoms with E-state index in [1.54, 1.807) is 4.90 Å². The molecule has 0 atom stereocenters. The minimum Gasteiger partial charge on any atom is -0.338 e. The minimum absolute atomic E-state index is 0.0825. The van der Waals surface area contributed by atoms with E-state index in [1.807, 2.05) is 4.90 Å². The second kappa shape index (κ2) is 8.30. The molecular formula is C19H17F3N6O3. The number of aromatic nitrogens is 4. The van der Waals surface area contributed by atoms with Gasteiger partial charge in [0.1, 0.15) is 5.69 Å². The number of hydrogen-bond donors (Lipinski definition) is 1. The number of hydrogen-bond acceptors (Lipinski definition) is 7. The van der Waals surface area contributed by atoms with Crippen molar-refractivity contribution >= 4 is 5.91 Å². The summed E-state index contributed by atoms with van der Waals surface area (Å²) in [6.45, 7) is 2.26. The zero-order valence-corrected chi connectivity index (χ0v) is 16.1. The molecule has 0 saturated carbocycles. The highest BCUT2D eigenvalue weighted by Crippen LogP contribution is 2.31. The van der Waals surface area contributed by atoms with Crippen molar-refractivity contribution in [3.05, 3.63) is 63.9 Å². The van der Waals surface area contributed by atoms with Gasteiger partial charge in [0.15, 0.2) is 0 Å². The van der Waals surface area contributed by atoms with E-state index in [2.05, 4.69) is 20.3 Å². The van der Waals surface area contributed by atoms with Gasteiger partial charge in [0.25, 0.3) is 11.5 Å². The molecule has 0 radical (unpaired) electrons. The Kier molecular flexibility index (Phi) is 5.55. The molecule has 1 fully saturated rings. The molecule has 1 aliphatic rings. The molecule has 3 heterocycles. The summed E-state index contributed by atoms with van der Waals surface area (Å²) in [7, 11) is 0. The Balaban J connectivity index is 1.36. The number of nitrogens with one attached hydrogen (secondary N) is 1. The molecule has 3 aromatic rings. The number of amides is 1. The summed E-state index contributed by atoms with van der Waals surface area (Å²) in [6, 6.07) is 7.35. The maximum Gasteiger partial charge on any atom is 0.416 e. The van der Waals surface area contributed by atoms with Gasteiger partial charge in [-0.2, -0.15) is 23.3 Å². The fraction of sp³-hybridized carbons (Fsp3) is 0.316. The lowest BCUT2D eigenvalue weighted by Crippen LogP contribution is -2.48. The first kappa shape index (κ1) is 20.7. The standard InChI is InChI=1S/C19H17F3N6O3/c20-19(21,22)13-3-1-2-12(10-13)17-23-16(31-26-17)11-27-6-8-28(9-7-27)18(30)14-4-5-15(29)25-24-14/h1-5,10H,6-9,11H2,(H,25,29). The highest BCUT2D eigenvalue weighted by atomic mass is 19.4. The van der Waals surface area contributed by atoms with Crippen LogP contribution in [-0.4, -0.2) is 62.2 Å². The lowest BCUT2D eigenvalue weighted by atomic mass is 10.1. The topological polar surface area (TPSA) is 108 Å². The van der Waals surface area contributed by atoms with Crippen LogP contribution in [0.25, 0.3) is 11.4 Å². The number of benzene rings is 1. The van der Waals surface area contributed by atoms with Gasteiger partial charge >= 0.3 is 6.18 Å². The zero-order chi connectivity index (χ0) is 22.0. The van der Waals surface area contributed by atoms with Crippen LogP contribution in [0, 0.1) is 0 Å². The Hall–Kier alpha value is -3.54. The lowest BCUT2D eigenvalue weighted by molar-refractivity contribution is -0.137. The van der Waals surface area contributed by atoms with E-state index in [9.17, 15) is 22.8 Å². The third kappa shape index (κ3) is 4.79. The van der Waals surface area contributed by atoms with Crippen LogP contribution in [-0.2, 0) is 12.7 Å². The normalized spacial score (nSPS) is 15.3. The molecule has 12 heteroatoms. The summed E-state index contributed by atoms with van der Waals surface area (Å²) in [5.74, 6) is 0.0778. The van der Waals surface area contributed by atoms with Crippen LogP contribution < -0.4 is 5.56 Å². The fourth-order valence-electron chi connectivity index (χ4n) is 3.20. The van der Waals surface area contributed by atoms with E-state index >= 15 is 0 Å². The molecule has 1 aliphatic heterocycles. The molecule has 9 nitrogen and oxygen atoms in total. The highest BCUT2D eigenvalue weighted by Gasteiger charge is 2.31. The molecular weight excluding hydrogens is 417 g/mol. The molecule has 2 aromatic heterocycles. The lowest BCUT2D eigenvalue weighted by Gasteiger charge is -2.33. The van der Waals surface area contributed by atoms with Crippen molar-refractivity contribution in [1.29, 1.82) is 0 Å². The van der Waals surface area contributed by atoms with E-state index in [0.717, 1.165) is 12.1 Å². The van der Waals surface area contributed by atoms with Gasteiger partial charge in [0, 0.05) is 37.8 Å². The monoisotopic (exact) mass is 434 g/mol. The van der Waals surface area contributed by atoms with Crippen LogP contribution in [0.5, 0.6) is 0 Å². The number of halogens is 3. The number of alkyl halides is 3. The van der Waals surface area contributed by atoms with Crippen molar-refractivity contribution in [3.63, 3.8) is 0 Å². The molecule has 0 bridgehead atoms. The van der Waals surface area contributed by atoms with Crippen molar-refractivity contribution in [2.45, 2.75) is 12.7 Å². The summed E-state index contributed by atoms with van der Waals surface area (Å²) >= 11 is 0. The highest BCUT2D eigenvalue weighted by molar-refractivity contribution is 5.92. The summed E-state index contributed by atoms with van der Waals surface area (Å²) in [4.78, 5) is 31.3. The van der Waals surface area contributed by atoms with E-state index in [-0.39, 0.29) is 34.4 Å². The number of aromatic amines is 1. The number of piperazine rings is 1. The van der Waals surface area contributed by atoms with Crippen molar-refractivity contribution in [1.82, 2.24) is 30.1 Å². The maximum atomic E-state index is 12.9. The summed E-state index contributed by atoms with van der Waals surface area (Å²) < 4.78 is 43.9. The Labute approximate surface area is 173 Å². The summed E-state index contributed by atoms with van der Waals surface area (Å²) in [5, 5.41) is 9.77. The van der Waals surface area contributed by atoms with E-state index in [1.165, 1.54) is 24.3 Å². The van der Waals surface area contributed by atoms with Crippen LogP contribution >= 0.6 is 0 Å². The molecule has 1 N–H and O–H groups in total. The van der Waals surface area contributed by atoms with Crippen molar-refractivity contribution in [2.75, 3.05) is 26.2 Å². The SMILES string of the molecule is O=C(c1ccc(=O)[nH]n1)N1CCN(Cc2nc(-c3cccc(C(F)(F)F)c3)no2)CC1. The molecule has 1 amide bonds. The van der Waals surface area contributed by atoms with Gasteiger partial charge < -0.3 is 9.42 Å². The molecule has 162 valence electrons. The maximum absolute atomic E-state index is 12.9. The van der Waals surface area contributed by atoms with Gasteiger partial charge in [-0.1, -0.05) is 17.3 Å². The number of H-pyrrole nitrogens is 1. The number of carbonyl (C=O) groups is 1. The second-order valence-corrected chi connectivity index (χ2v) is 6.97. The fourth-order valence-corrected chi connectivity index (χ4v) is 3.20. The third-order valence-electron chi connectivity index (χ3n) is 4.83. The average Bonchev–Trinajstić information content (AvgIpc) is 3.22. The largest absolute Gasteiger partial charge is 0.416 e. The third-order valence-corrected chi connectivity index (χ3v) is 4.83. The first-order chi connectivity index (χ1) is 14.8. The van der Waals surface area contributed by atoms with Crippen molar-refractivity contribution in [3.8, 4) is 11.4 Å². The van der Waals surface area contributed by atoms with Crippen molar-refractivity contribution in [2.24, 2.45) is 0 Å². The first-order valence-corrected chi connectivity index (χ1v) is 9.37. The quantitative estimate of drug-likeness (QED) is 0.667. The Bertz CT molecular complexity index is 1110. The van der Waals surface area contributed by atoms with Crippen LogP contribution in [0.4, 0.5) is 13.2 Å². The minimum atomic E-state index is -4.45. The number of nitrogens with zero attached hydrogens (tertiary/aromatic N) is 5. The Morgan fingerprint density at radius 2 is 1.90 bits per heavy atom. The van der Waals surface area contributed by atoms with Crippen LogP contribution in [0.3, 0.4) is 0 Å². The molecule has 1 saturated heterocycles. The van der Waals surface area contributed by atoms with Gasteiger partial charge in [-0.3, -0.25) is 14.5 Å². The molecule has 0 unspecified atom stereocenters. The van der Waals surface area contributed by atoms with E-state index in [0.29, 0.717) is 32.7 Å². The van der Waals surface area contributed by atoms with Gasteiger partial charge in [0.05, 0.1) is 12.1 Å². The Morgan fingerprint density at radius 1 is 1.13 bits per heavy atom. The molecule has 4 rings (SSSR count). The van der Waals surface area contributed by atoms with Crippen LogP contribution in [0.2, 0.25) is 0 Å². The molecule has 0 aliphatic carbocycles. The van der Waals surface area contributed by atoms with Gasteiger partial charge in [0.2, 0.25) is 11.7 Å². The van der Waals surface area contributed by atoms with E-state index in [4.69, 9.17) is 4.52 Å². The van der Waals surface area contributed by atoms with Crippen LogP contribution in [0.1, 0.15) is 21.9 Å². The number of carbonyl (C=O) groups excluding carboxylic acids is 1. The van der Waals surface area contributed by atoms with E-state index < -0.39 is 11.7 Å². The van der Waals surface area contributed by atoms with Crippen LogP contribution in [0.15, 0.2) is 45.7 Å². The predicted octanol–water partition coefficient (Wildman–Crippen LogP) is 1.80. The molecule has 1 aromatic carbocycles. The summed E-state index contributed by atoms with van der Waals surface area (Å²) in [6.07, 6.45) is -4.45. The second-order valence-electron chi connectivity index (χ2n) is 6.97. The first-order valence-electron chi connectivity index (χ1n) is 9.37. The summed E-state index contributed by atoms with van der Waals surface area (Å²) in [5.41, 5.74) is -0.788. The zero-order valence-electron chi connectivity index (χ0n) is 16.1. The Morgan fingerprint density at radius 3 is 2.58 bits per heavy atom. The predicted molar refractivity (Wildman–Crippen MR) is 101 cm³/mol. The number of rotatable bonds is 4. The van der Waals surface area contributed by atoms with Gasteiger partial charge in [-0.05, 0) is 18.2 Å². The smallest absolute Gasteiger partial charge is 0.338 e.